The highest BCUT2D eigenvalue weighted by molar-refractivity contribution is 7.89. The predicted molar refractivity (Wildman–Crippen MR) is 126 cm³/mol. The van der Waals surface area contributed by atoms with Crippen LogP contribution in [0.5, 0.6) is 0 Å². The Morgan fingerprint density at radius 1 is 1.12 bits per heavy atom. The van der Waals surface area contributed by atoms with E-state index < -0.39 is 45.2 Å². The first-order valence-corrected chi connectivity index (χ1v) is 13.0. The second-order valence-electron chi connectivity index (χ2n) is 8.97. The molecule has 0 aliphatic heterocycles. The van der Waals surface area contributed by atoms with E-state index in [2.05, 4.69) is 0 Å². The Morgan fingerprint density at radius 3 is 2.29 bits per heavy atom. The van der Waals surface area contributed by atoms with Gasteiger partial charge in [-0.25, -0.2) is 25.9 Å². The van der Waals surface area contributed by atoms with Gasteiger partial charge in [0, 0.05) is 45.4 Å². The number of carbonyl (C=O) groups excluding carboxylic acids is 1. The minimum absolute atomic E-state index is 0.0102. The van der Waals surface area contributed by atoms with E-state index in [0.29, 0.717) is 31.9 Å². The zero-order valence-corrected chi connectivity index (χ0v) is 21.5. The molecule has 0 bridgehead atoms. The minimum atomic E-state index is -3.81. The number of nitrogens with two attached hydrogens (primary N) is 1. The second kappa shape index (κ2) is 14.0. The molecule has 11 heteroatoms. The van der Waals surface area contributed by atoms with Gasteiger partial charge in [-0.2, -0.15) is 0 Å². The zero-order chi connectivity index (χ0) is 26.1. The highest BCUT2D eigenvalue weighted by Crippen LogP contribution is 2.19. The maximum absolute atomic E-state index is 13.9. The van der Waals surface area contributed by atoms with Crippen molar-refractivity contribution in [1.82, 2.24) is 9.21 Å². The number of likely N-dealkylation sites (N-methyl/N-ethyl adjacent to an activating group) is 1. The minimum Gasteiger partial charge on any atom is -0.383 e. The molecule has 1 rings (SSSR count). The fourth-order valence-electron chi connectivity index (χ4n) is 3.65. The third-order valence-corrected chi connectivity index (χ3v) is 7.37. The molecule has 0 saturated carbocycles. The lowest BCUT2D eigenvalue weighted by atomic mass is 9.97. The smallest absolute Gasteiger partial charge is 0.239 e. The Kier molecular flexibility index (Phi) is 12.5. The van der Waals surface area contributed by atoms with Crippen molar-refractivity contribution in [1.29, 1.82) is 0 Å². The van der Waals surface area contributed by atoms with Crippen molar-refractivity contribution in [3.63, 3.8) is 0 Å². The first-order chi connectivity index (χ1) is 15.8. The molecule has 0 fully saturated rings. The number of nitrogens with zero attached hydrogens (tertiary/aromatic N) is 2. The van der Waals surface area contributed by atoms with Crippen LogP contribution in [0.2, 0.25) is 0 Å². The van der Waals surface area contributed by atoms with Gasteiger partial charge in [-0.05, 0) is 43.2 Å². The van der Waals surface area contributed by atoms with Gasteiger partial charge in [0.05, 0.1) is 6.61 Å². The molecule has 0 saturated heterocycles. The monoisotopic (exact) mass is 509 g/mol. The van der Waals surface area contributed by atoms with Gasteiger partial charge in [0.2, 0.25) is 15.9 Å². The van der Waals surface area contributed by atoms with E-state index in [-0.39, 0.29) is 37.1 Å². The van der Waals surface area contributed by atoms with Gasteiger partial charge in [0.25, 0.3) is 0 Å². The van der Waals surface area contributed by atoms with Crippen molar-refractivity contribution in [2.45, 2.75) is 58.5 Å². The van der Waals surface area contributed by atoms with E-state index in [1.165, 1.54) is 14.2 Å². The summed E-state index contributed by atoms with van der Waals surface area (Å²) >= 11 is 0. The highest BCUT2D eigenvalue weighted by atomic mass is 32.2. The quantitative estimate of drug-likeness (QED) is 0.367. The molecule has 0 heterocycles. The topological polar surface area (TPSA) is 92.9 Å². The number of benzene rings is 1. The molecule has 196 valence electrons. The third-order valence-electron chi connectivity index (χ3n) is 5.63. The predicted octanol–water partition coefficient (Wildman–Crippen LogP) is 2.93. The average molecular weight is 510 g/mol. The van der Waals surface area contributed by atoms with Crippen LogP contribution in [0.1, 0.15) is 45.6 Å². The molecule has 0 radical (unpaired) electrons. The Labute approximate surface area is 201 Å². The molecular weight excluding hydrogens is 471 g/mol. The van der Waals surface area contributed by atoms with E-state index >= 15 is 0 Å². The van der Waals surface area contributed by atoms with E-state index in [1.807, 2.05) is 20.8 Å². The van der Waals surface area contributed by atoms with Crippen molar-refractivity contribution in [2.75, 3.05) is 39.6 Å². The molecule has 1 amide bonds. The molecule has 0 spiro atoms. The van der Waals surface area contributed by atoms with Crippen LogP contribution in [0, 0.1) is 23.4 Å². The SMILES string of the molecule is CCC(CC[C@H](N)Cc1cc(F)c(F)cc1F)N(CC(C)C)C(=O)CS(=O)(=O)N(C)CCOC. The fourth-order valence-corrected chi connectivity index (χ4v) is 4.70. The van der Waals surface area contributed by atoms with Crippen LogP contribution < -0.4 is 5.73 Å². The molecule has 2 atom stereocenters. The van der Waals surface area contributed by atoms with E-state index in [4.69, 9.17) is 10.5 Å². The molecular formula is C23H38F3N3O4S. The third kappa shape index (κ3) is 9.52. The van der Waals surface area contributed by atoms with Crippen LogP contribution in [-0.2, 0) is 26.0 Å². The van der Waals surface area contributed by atoms with Crippen molar-refractivity contribution in [3.05, 3.63) is 35.1 Å². The summed E-state index contributed by atoms with van der Waals surface area (Å²) in [7, 11) is -0.938. The molecule has 0 aromatic heterocycles. The number of hydrogen-bond acceptors (Lipinski definition) is 5. The summed E-state index contributed by atoms with van der Waals surface area (Å²) < 4.78 is 71.8. The molecule has 7 nitrogen and oxygen atoms in total. The lowest BCUT2D eigenvalue weighted by Crippen LogP contribution is -2.47. The molecule has 2 N–H and O–H groups in total. The number of hydrogen-bond donors (Lipinski definition) is 1. The van der Waals surface area contributed by atoms with E-state index in [1.54, 1.807) is 4.90 Å². The Balaban J connectivity index is 2.88. The van der Waals surface area contributed by atoms with Crippen LogP contribution in [-0.4, -0.2) is 75.2 Å². The maximum Gasteiger partial charge on any atom is 0.239 e. The van der Waals surface area contributed by atoms with Crippen molar-refractivity contribution < 1.29 is 31.1 Å². The lowest BCUT2D eigenvalue weighted by molar-refractivity contribution is -0.131. The number of rotatable bonds is 15. The number of ether oxygens (including phenoxy) is 1. The number of carbonyl (C=O) groups is 1. The first-order valence-electron chi connectivity index (χ1n) is 11.4. The van der Waals surface area contributed by atoms with Gasteiger partial charge in [-0.3, -0.25) is 4.79 Å². The summed E-state index contributed by atoms with van der Waals surface area (Å²) in [5.74, 6) is -4.29. The van der Waals surface area contributed by atoms with Gasteiger partial charge < -0.3 is 15.4 Å². The number of methoxy groups -OCH3 is 1. The Hall–Kier alpha value is -1.69. The normalized spacial score (nSPS) is 14.0. The van der Waals surface area contributed by atoms with Crippen LogP contribution in [0.3, 0.4) is 0 Å². The van der Waals surface area contributed by atoms with Gasteiger partial charge in [-0.15, -0.1) is 0 Å². The van der Waals surface area contributed by atoms with Crippen LogP contribution in [0.25, 0.3) is 0 Å². The summed E-state index contributed by atoms with van der Waals surface area (Å²) in [6.45, 7) is 6.50. The van der Waals surface area contributed by atoms with E-state index in [9.17, 15) is 26.4 Å². The number of halogens is 3. The molecule has 1 aromatic carbocycles. The van der Waals surface area contributed by atoms with Gasteiger partial charge in [0.15, 0.2) is 11.6 Å². The summed E-state index contributed by atoms with van der Waals surface area (Å²) in [6.07, 6.45) is 1.43. The first kappa shape index (κ1) is 30.3. The molecule has 1 unspecified atom stereocenters. The number of sulfonamides is 1. The number of amides is 1. The van der Waals surface area contributed by atoms with Gasteiger partial charge in [0.1, 0.15) is 11.6 Å². The van der Waals surface area contributed by atoms with Gasteiger partial charge >= 0.3 is 0 Å². The fraction of sp³-hybridized carbons (Fsp3) is 0.696. The Bertz CT molecular complexity index is 900. The van der Waals surface area contributed by atoms with Gasteiger partial charge in [-0.1, -0.05) is 20.8 Å². The molecule has 1 aromatic rings. The van der Waals surface area contributed by atoms with Crippen LogP contribution in [0.15, 0.2) is 12.1 Å². The summed E-state index contributed by atoms with van der Waals surface area (Å²) in [5, 5.41) is 0. The van der Waals surface area contributed by atoms with Crippen molar-refractivity contribution >= 4 is 15.9 Å². The second-order valence-corrected chi connectivity index (χ2v) is 11.0. The summed E-state index contributed by atoms with van der Waals surface area (Å²) in [5.41, 5.74) is 6.12. The average Bonchev–Trinajstić information content (AvgIpc) is 2.74. The lowest BCUT2D eigenvalue weighted by Gasteiger charge is -2.34. The highest BCUT2D eigenvalue weighted by Gasteiger charge is 2.29. The van der Waals surface area contributed by atoms with Crippen LogP contribution in [0.4, 0.5) is 13.2 Å². The van der Waals surface area contributed by atoms with E-state index in [0.717, 1.165) is 10.4 Å². The molecule has 34 heavy (non-hydrogen) atoms. The zero-order valence-electron chi connectivity index (χ0n) is 20.7. The van der Waals surface area contributed by atoms with Crippen molar-refractivity contribution in [3.8, 4) is 0 Å². The summed E-state index contributed by atoms with van der Waals surface area (Å²) in [6, 6.07) is 0.490. The largest absolute Gasteiger partial charge is 0.383 e. The van der Waals surface area contributed by atoms with Crippen molar-refractivity contribution in [2.24, 2.45) is 11.7 Å². The summed E-state index contributed by atoms with van der Waals surface area (Å²) in [4.78, 5) is 14.6. The standard InChI is InChI=1S/C23H38F3N3O4S/c1-6-19(8-7-18(27)11-17-12-21(25)22(26)13-20(17)24)29(14-16(2)3)23(30)15-34(31,32)28(4)9-10-33-5/h12-13,16,18-19H,6-11,14-15,27H2,1-5H3/t18-,19?/m0/s1. The maximum atomic E-state index is 13.9. The molecule has 0 aliphatic rings. The van der Waals surface area contributed by atoms with Crippen LogP contribution >= 0.6 is 0 Å². The molecule has 0 aliphatic carbocycles. The Morgan fingerprint density at radius 2 is 1.74 bits per heavy atom.